The number of aromatic nitrogens is 1. The van der Waals surface area contributed by atoms with Crippen LogP contribution in [0.4, 0.5) is 0 Å². The van der Waals surface area contributed by atoms with E-state index in [0.29, 0.717) is 11.7 Å². The average molecular weight is 375 g/mol. The number of nitrogens with one attached hydrogen (secondary N) is 2. The zero-order valence-electron chi connectivity index (χ0n) is 15.4. The van der Waals surface area contributed by atoms with Crippen molar-refractivity contribution in [1.82, 2.24) is 20.1 Å². The van der Waals surface area contributed by atoms with E-state index in [0.717, 1.165) is 55.9 Å². The van der Waals surface area contributed by atoms with Gasteiger partial charge in [-0.25, -0.2) is 0 Å². The van der Waals surface area contributed by atoms with Gasteiger partial charge < -0.3 is 19.9 Å². The molecule has 2 heterocycles. The smallest absolute Gasteiger partial charge is 0.253 e. The van der Waals surface area contributed by atoms with E-state index in [-0.39, 0.29) is 5.56 Å². The summed E-state index contributed by atoms with van der Waals surface area (Å²) in [5.74, 6) is 0. The van der Waals surface area contributed by atoms with Crippen molar-refractivity contribution in [2.24, 2.45) is 0 Å². The van der Waals surface area contributed by atoms with Crippen molar-refractivity contribution in [3.05, 3.63) is 45.7 Å². The van der Waals surface area contributed by atoms with Gasteiger partial charge in [0, 0.05) is 44.3 Å². The summed E-state index contributed by atoms with van der Waals surface area (Å²) in [5, 5.41) is 4.74. The lowest BCUT2D eigenvalue weighted by Crippen LogP contribution is -2.45. The van der Waals surface area contributed by atoms with E-state index in [1.54, 1.807) is 0 Å². The van der Waals surface area contributed by atoms with Crippen molar-refractivity contribution >= 4 is 28.2 Å². The Hall–Kier alpha value is -1.96. The average Bonchev–Trinajstić information content (AvgIpc) is 2.66. The van der Waals surface area contributed by atoms with Crippen LogP contribution in [0.2, 0.25) is 0 Å². The number of aryl methyl sites for hydroxylation is 1. The Morgan fingerprint density at radius 3 is 2.85 bits per heavy atom. The molecule has 7 heteroatoms. The molecule has 1 aliphatic heterocycles. The normalized spacial score (nSPS) is 15.2. The van der Waals surface area contributed by atoms with Crippen molar-refractivity contribution in [3.8, 4) is 0 Å². The number of benzene rings is 1. The highest BCUT2D eigenvalue weighted by molar-refractivity contribution is 7.80. The fourth-order valence-corrected chi connectivity index (χ4v) is 3.35. The molecular formula is C19H26N4O2S. The van der Waals surface area contributed by atoms with Gasteiger partial charge in [0.2, 0.25) is 0 Å². The Bertz CT molecular complexity index is 830. The second-order valence-corrected chi connectivity index (χ2v) is 7.03. The summed E-state index contributed by atoms with van der Waals surface area (Å²) in [6, 6.07) is 8.01. The molecule has 26 heavy (non-hydrogen) atoms. The molecule has 0 aliphatic carbocycles. The third kappa shape index (κ3) is 4.60. The second kappa shape index (κ2) is 8.62. The minimum absolute atomic E-state index is 0.0587. The van der Waals surface area contributed by atoms with Crippen molar-refractivity contribution in [1.29, 1.82) is 0 Å². The lowest BCUT2D eigenvalue weighted by Gasteiger charge is -2.31. The van der Waals surface area contributed by atoms with Gasteiger partial charge in [0.25, 0.3) is 5.56 Å². The number of morpholine rings is 1. The molecule has 0 saturated carbocycles. The number of rotatable bonds is 5. The molecule has 0 atom stereocenters. The molecule has 140 valence electrons. The largest absolute Gasteiger partial charge is 0.379 e. The van der Waals surface area contributed by atoms with Crippen LogP contribution in [0.3, 0.4) is 0 Å². The zero-order valence-corrected chi connectivity index (χ0v) is 16.2. The first-order chi connectivity index (χ1) is 12.6. The van der Waals surface area contributed by atoms with E-state index < -0.39 is 0 Å². The highest BCUT2D eigenvalue weighted by Gasteiger charge is 2.16. The molecule has 1 aromatic carbocycles. The molecule has 0 amide bonds. The van der Waals surface area contributed by atoms with Gasteiger partial charge in [0.15, 0.2) is 5.11 Å². The van der Waals surface area contributed by atoms with Crippen molar-refractivity contribution in [3.63, 3.8) is 0 Å². The Kier molecular flexibility index (Phi) is 6.24. The molecule has 2 aromatic rings. The summed E-state index contributed by atoms with van der Waals surface area (Å²) < 4.78 is 5.40. The summed E-state index contributed by atoms with van der Waals surface area (Å²) in [7, 11) is 1.82. The minimum Gasteiger partial charge on any atom is -0.379 e. The summed E-state index contributed by atoms with van der Waals surface area (Å²) >= 11 is 5.46. The topological polar surface area (TPSA) is 60.6 Å². The van der Waals surface area contributed by atoms with Crippen molar-refractivity contribution < 1.29 is 4.74 Å². The molecule has 1 saturated heterocycles. The standard InChI is InChI=1S/C19H26N4O2S/c1-14-3-4-17-15(11-14)12-16(18(24)21-17)13-23(19(26)20-2)6-5-22-7-9-25-10-8-22/h3-4,11-12H,5-10,13H2,1-2H3,(H,20,26)(H,21,24). The maximum Gasteiger partial charge on any atom is 0.253 e. The van der Waals surface area contributed by atoms with Gasteiger partial charge in [0.1, 0.15) is 0 Å². The predicted octanol–water partition coefficient (Wildman–Crippen LogP) is 1.48. The van der Waals surface area contributed by atoms with Gasteiger partial charge >= 0.3 is 0 Å². The van der Waals surface area contributed by atoms with Gasteiger partial charge in [-0.05, 0) is 42.7 Å². The lowest BCUT2D eigenvalue weighted by atomic mass is 10.1. The molecule has 0 radical (unpaired) electrons. The maximum absolute atomic E-state index is 12.5. The van der Waals surface area contributed by atoms with Crippen LogP contribution in [0.5, 0.6) is 0 Å². The third-order valence-corrected chi connectivity index (χ3v) is 5.19. The summed E-state index contributed by atoms with van der Waals surface area (Å²) in [6.45, 7) is 7.64. The van der Waals surface area contributed by atoms with E-state index in [1.165, 1.54) is 5.56 Å². The van der Waals surface area contributed by atoms with Crippen LogP contribution in [0.1, 0.15) is 11.1 Å². The number of ether oxygens (including phenoxy) is 1. The number of thiocarbonyl (C=S) groups is 1. The van der Waals surface area contributed by atoms with Gasteiger partial charge in [-0.3, -0.25) is 9.69 Å². The fourth-order valence-electron chi connectivity index (χ4n) is 3.19. The van der Waals surface area contributed by atoms with E-state index >= 15 is 0 Å². The Morgan fingerprint density at radius 1 is 1.35 bits per heavy atom. The summed E-state index contributed by atoms with van der Waals surface area (Å²) in [4.78, 5) is 19.9. The van der Waals surface area contributed by atoms with Crippen LogP contribution in [0.15, 0.2) is 29.1 Å². The number of hydrogen-bond acceptors (Lipinski definition) is 4. The van der Waals surface area contributed by atoms with Gasteiger partial charge in [0.05, 0.1) is 19.8 Å². The van der Waals surface area contributed by atoms with E-state index in [9.17, 15) is 4.79 Å². The van der Waals surface area contributed by atoms with Crippen LogP contribution < -0.4 is 10.9 Å². The van der Waals surface area contributed by atoms with Crippen molar-refractivity contribution in [2.75, 3.05) is 46.4 Å². The highest BCUT2D eigenvalue weighted by atomic mass is 32.1. The van der Waals surface area contributed by atoms with Crippen LogP contribution in [-0.2, 0) is 11.3 Å². The highest BCUT2D eigenvalue weighted by Crippen LogP contribution is 2.14. The molecule has 0 unspecified atom stereocenters. The molecule has 2 N–H and O–H groups in total. The Balaban J connectivity index is 1.77. The number of fused-ring (bicyclic) bond motifs is 1. The third-order valence-electron chi connectivity index (χ3n) is 4.73. The summed E-state index contributed by atoms with van der Waals surface area (Å²) in [6.07, 6.45) is 0. The Labute approximate surface area is 159 Å². The molecule has 3 rings (SSSR count). The first kappa shape index (κ1) is 18.8. The van der Waals surface area contributed by atoms with Gasteiger partial charge in [-0.1, -0.05) is 11.6 Å². The van der Waals surface area contributed by atoms with Gasteiger partial charge in [-0.15, -0.1) is 0 Å². The minimum atomic E-state index is -0.0587. The molecule has 0 spiro atoms. The molecule has 0 bridgehead atoms. The first-order valence-electron chi connectivity index (χ1n) is 8.96. The maximum atomic E-state index is 12.5. The van der Waals surface area contributed by atoms with Crippen LogP contribution in [-0.4, -0.2) is 66.3 Å². The fraction of sp³-hybridized carbons (Fsp3) is 0.474. The first-order valence-corrected chi connectivity index (χ1v) is 9.37. The quantitative estimate of drug-likeness (QED) is 0.773. The molecule has 1 aromatic heterocycles. The lowest BCUT2D eigenvalue weighted by molar-refractivity contribution is 0.0357. The van der Waals surface area contributed by atoms with Crippen molar-refractivity contribution in [2.45, 2.75) is 13.5 Å². The number of pyridine rings is 1. The van der Waals surface area contributed by atoms with E-state index in [4.69, 9.17) is 17.0 Å². The van der Waals surface area contributed by atoms with Crippen LogP contribution in [0, 0.1) is 6.92 Å². The van der Waals surface area contributed by atoms with E-state index in [2.05, 4.69) is 33.1 Å². The number of H-pyrrole nitrogens is 1. The number of aromatic amines is 1. The molecular weight excluding hydrogens is 348 g/mol. The molecule has 1 aliphatic rings. The Morgan fingerprint density at radius 2 is 2.12 bits per heavy atom. The van der Waals surface area contributed by atoms with E-state index in [1.807, 2.05) is 25.2 Å². The molecule has 1 fully saturated rings. The van der Waals surface area contributed by atoms with Crippen LogP contribution in [0.25, 0.3) is 10.9 Å². The number of hydrogen-bond donors (Lipinski definition) is 2. The SMILES string of the molecule is CNC(=S)N(CCN1CCOCC1)Cc1cc2cc(C)ccc2[nH]c1=O. The second-order valence-electron chi connectivity index (χ2n) is 6.65. The zero-order chi connectivity index (χ0) is 18.5. The predicted molar refractivity (Wildman–Crippen MR) is 109 cm³/mol. The van der Waals surface area contributed by atoms with Gasteiger partial charge in [-0.2, -0.15) is 0 Å². The summed E-state index contributed by atoms with van der Waals surface area (Å²) in [5.41, 5.74) is 2.70. The monoisotopic (exact) mass is 374 g/mol. The molecule has 6 nitrogen and oxygen atoms in total. The van der Waals surface area contributed by atoms with Crippen LogP contribution >= 0.6 is 12.2 Å². The number of nitrogens with zero attached hydrogens (tertiary/aromatic N) is 2.